The van der Waals surface area contributed by atoms with Gasteiger partial charge in [0.25, 0.3) is 0 Å². The van der Waals surface area contributed by atoms with E-state index in [9.17, 15) is 0 Å². The Morgan fingerprint density at radius 2 is 1.88 bits per heavy atom. The summed E-state index contributed by atoms with van der Waals surface area (Å²) >= 11 is 0. The number of hydrogen-bond donors (Lipinski definition) is 1. The van der Waals surface area contributed by atoms with Crippen LogP contribution in [0, 0.1) is 11.6 Å². The van der Waals surface area contributed by atoms with Gasteiger partial charge in [0.2, 0.25) is 0 Å². The second-order valence-corrected chi connectivity index (χ2v) is 10.6. The Morgan fingerprint density at radius 1 is 1.15 bits per heavy atom. The van der Waals surface area contributed by atoms with Crippen molar-refractivity contribution >= 4 is 16.7 Å². The first-order valence-electron chi connectivity index (χ1n) is 12.4. The Labute approximate surface area is 200 Å². The molecule has 1 N–H and O–H groups in total. The summed E-state index contributed by atoms with van der Waals surface area (Å²) in [5.74, 6) is 0.0751. The third-order valence-corrected chi connectivity index (χ3v) is 8.27. The lowest BCUT2D eigenvalue weighted by Gasteiger charge is -2.40. The van der Waals surface area contributed by atoms with Crippen LogP contribution >= 0.6 is 0 Å². The highest BCUT2D eigenvalue weighted by Gasteiger charge is 2.37. The van der Waals surface area contributed by atoms with Gasteiger partial charge in [-0.15, -0.1) is 0 Å². The van der Waals surface area contributed by atoms with Crippen molar-refractivity contribution in [3.05, 3.63) is 47.9 Å². The molecule has 0 unspecified atom stereocenters. The number of nitrogens with one attached hydrogen (secondary N) is 1. The summed E-state index contributed by atoms with van der Waals surface area (Å²) in [6.07, 6.45) is 4.69. The molecule has 2 aromatic rings. The number of fused-ring (bicyclic) bond motifs is 1. The molecular weight excluding hydrogens is 434 g/mol. The number of likely N-dealkylation sites (tertiary alicyclic amines) is 2. The number of rotatable bonds is 4. The summed E-state index contributed by atoms with van der Waals surface area (Å²) in [5.41, 5.74) is 1.65. The van der Waals surface area contributed by atoms with E-state index in [-0.39, 0.29) is 17.0 Å². The minimum absolute atomic E-state index is 0.122. The molecule has 4 heterocycles. The van der Waals surface area contributed by atoms with E-state index >= 15 is 8.78 Å². The van der Waals surface area contributed by atoms with Crippen molar-refractivity contribution in [1.29, 1.82) is 0 Å². The molecule has 34 heavy (non-hydrogen) atoms. The zero-order valence-electron chi connectivity index (χ0n) is 20.6. The first kappa shape index (κ1) is 23.3. The Kier molecular flexibility index (Phi) is 5.92. The van der Waals surface area contributed by atoms with Crippen molar-refractivity contribution in [2.75, 3.05) is 44.7 Å². The molecule has 1 aromatic heterocycles. The van der Waals surface area contributed by atoms with E-state index in [0.717, 1.165) is 44.7 Å². The minimum atomic E-state index is -0.475. The van der Waals surface area contributed by atoms with Crippen molar-refractivity contribution < 1.29 is 8.78 Å². The number of piperidine rings is 1. The van der Waals surface area contributed by atoms with Crippen LogP contribution in [0.25, 0.3) is 10.9 Å². The predicted molar refractivity (Wildman–Crippen MR) is 133 cm³/mol. The number of likely N-dealkylation sites (N-methyl/N-ethyl adjacent to an activating group) is 1. The molecule has 184 valence electrons. The van der Waals surface area contributed by atoms with Crippen molar-refractivity contribution in [2.24, 2.45) is 7.05 Å². The summed E-state index contributed by atoms with van der Waals surface area (Å²) in [5, 5.41) is 8.15. The fourth-order valence-electron chi connectivity index (χ4n) is 6.10. The Morgan fingerprint density at radius 3 is 2.53 bits per heavy atom. The molecule has 3 aliphatic heterocycles. The zero-order chi connectivity index (χ0) is 24.2. The van der Waals surface area contributed by atoms with Crippen LogP contribution in [-0.2, 0) is 7.05 Å². The summed E-state index contributed by atoms with van der Waals surface area (Å²) in [7, 11) is 3.92. The summed E-state index contributed by atoms with van der Waals surface area (Å²) in [6.45, 7) is 14.8. The highest BCUT2D eigenvalue weighted by atomic mass is 19.1. The van der Waals surface area contributed by atoms with Gasteiger partial charge in [-0.25, -0.2) is 8.78 Å². The molecule has 3 saturated heterocycles. The second-order valence-electron chi connectivity index (χ2n) is 10.6. The standard InChI is InChI=1S/C26H36F2N6/c1-17-7-14-34(18(2)29-17)25-20-15-21(27)22(23(28)24(20)32(5)30-25)19-8-12-33(13-9-19)16-26(3)10-6-11-31(26)4/h15,19,29H,1-2,6-14,16H2,3-5H3/t26-/m0/s1. The smallest absolute Gasteiger partial charge is 0.164 e. The summed E-state index contributed by atoms with van der Waals surface area (Å²) in [6, 6.07) is 1.47. The SMILES string of the molecule is C=C1CCN(c2nn(C)c3c(F)c(C4CCN(C[C@]5(C)CCCN5C)CC4)c(F)cc23)C(=C)N1. The van der Waals surface area contributed by atoms with E-state index in [1.165, 1.54) is 23.6 Å². The Bertz CT molecular complexity index is 1130. The molecule has 6 nitrogen and oxygen atoms in total. The molecule has 1 atom stereocenters. The predicted octanol–water partition coefficient (Wildman–Crippen LogP) is 4.30. The molecule has 0 aliphatic carbocycles. The van der Waals surface area contributed by atoms with E-state index in [0.29, 0.717) is 35.5 Å². The maximum atomic E-state index is 15.9. The average Bonchev–Trinajstić information content (AvgIpc) is 3.28. The normalized spacial score (nSPS) is 25.5. The van der Waals surface area contributed by atoms with Crippen LogP contribution in [0.1, 0.15) is 50.5 Å². The van der Waals surface area contributed by atoms with E-state index in [1.807, 2.05) is 4.90 Å². The summed E-state index contributed by atoms with van der Waals surface area (Å²) < 4.78 is 32.8. The van der Waals surface area contributed by atoms with Gasteiger partial charge in [0.1, 0.15) is 17.2 Å². The minimum Gasteiger partial charge on any atom is -0.346 e. The number of benzene rings is 1. The van der Waals surface area contributed by atoms with Crippen molar-refractivity contribution in [3.8, 4) is 0 Å². The molecule has 0 radical (unpaired) electrons. The van der Waals surface area contributed by atoms with Gasteiger partial charge >= 0.3 is 0 Å². The van der Waals surface area contributed by atoms with Gasteiger partial charge in [-0.05, 0) is 71.3 Å². The van der Waals surface area contributed by atoms with Crippen molar-refractivity contribution in [3.63, 3.8) is 0 Å². The maximum absolute atomic E-state index is 15.9. The van der Waals surface area contributed by atoms with Crippen molar-refractivity contribution in [2.45, 2.75) is 50.5 Å². The zero-order valence-corrected chi connectivity index (χ0v) is 20.6. The average molecular weight is 471 g/mol. The Hall–Kier alpha value is -2.45. The highest BCUT2D eigenvalue weighted by Crippen LogP contribution is 2.39. The molecule has 3 fully saturated rings. The lowest BCUT2D eigenvalue weighted by atomic mass is 9.87. The molecule has 3 aliphatic rings. The third-order valence-electron chi connectivity index (χ3n) is 8.27. The summed E-state index contributed by atoms with van der Waals surface area (Å²) in [4.78, 5) is 6.79. The van der Waals surface area contributed by atoms with Crippen LogP contribution in [0.3, 0.4) is 0 Å². The van der Waals surface area contributed by atoms with Crippen LogP contribution in [0.4, 0.5) is 14.6 Å². The van der Waals surface area contributed by atoms with Gasteiger partial charge in [-0.1, -0.05) is 13.2 Å². The van der Waals surface area contributed by atoms with Gasteiger partial charge in [0, 0.05) is 43.4 Å². The van der Waals surface area contributed by atoms with E-state index in [4.69, 9.17) is 0 Å². The topological polar surface area (TPSA) is 39.6 Å². The lowest BCUT2D eigenvalue weighted by molar-refractivity contribution is 0.100. The van der Waals surface area contributed by atoms with E-state index in [1.54, 1.807) is 7.05 Å². The second kappa shape index (κ2) is 8.64. The van der Waals surface area contributed by atoms with E-state index < -0.39 is 11.6 Å². The van der Waals surface area contributed by atoms with Gasteiger partial charge in [0.15, 0.2) is 11.6 Å². The number of anilines is 1. The van der Waals surface area contributed by atoms with Gasteiger partial charge in [-0.2, -0.15) is 5.10 Å². The number of aryl methyl sites for hydroxylation is 1. The van der Waals surface area contributed by atoms with E-state index in [2.05, 4.69) is 47.3 Å². The molecular formula is C26H36F2N6. The van der Waals surface area contributed by atoms with Crippen LogP contribution in [0.15, 0.2) is 30.7 Å². The van der Waals surface area contributed by atoms with Crippen LogP contribution in [-0.4, -0.2) is 64.9 Å². The number of halogens is 2. The van der Waals surface area contributed by atoms with Crippen LogP contribution < -0.4 is 10.2 Å². The van der Waals surface area contributed by atoms with Crippen molar-refractivity contribution in [1.82, 2.24) is 24.9 Å². The molecule has 5 rings (SSSR count). The van der Waals surface area contributed by atoms with Gasteiger partial charge in [0.05, 0.1) is 5.39 Å². The monoisotopic (exact) mass is 470 g/mol. The molecule has 0 saturated carbocycles. The fourth-order valence-corrected chi connectivity index (χ4v) is 6.10. The number of nitrogens with zero attached hydrogens (tertiary/aromatic N) is 5. The first-order valence-corrected chi connectivity index (χ1v) is 12.4. The fraction of sp³-hybridized carbons (Fsp3) is 0.577. The third kappa shape index (κ3) is 3.90. The number of aromatic nitrogens is 2. The van der Waals surface area contributed by atoms with Crippen LogP contribution in [0.2, 0.25) is 0 Å². The maximum Gasteiger partial charge on any atom is 0.164 e. The quantitative estimate of drug-likeness (QED) is 0.722. The molecule has 8 heteroatoms. The largest absolute Gasteiger partial charge is 0.346 e. The highest BCUT2D eigenvalue weighted by molar-refractivity contribution is 5.92. The van der Waals surface area contributed by atoms with Gasteiger partial charge < -0.3 is 15.1 Å². The lowest BCUT2D eigenvalue weighted by Crippen LogP contribution is -2.50. The molecule has 0 spiro atoms. The number of hydrogen-bond acceptors (Lipinski definition) is 5. The van der Waals surface area contributed by atoms with Crippen LogP contribution in [0.5, 0.6) is 0 Å². The van der Waals surface area contributed by atoms with Gasteiger partial charge in [-0.3, -0.25) is 9.58 Å². The first-order chi connectivity index (χ1) is 16.2. The molecule has 0 bridgehead atoms. The molecule has 0 amide bonds. The Balaban J connectivity index is 1.38. The molecule has 1 aromatic carbocycles.